The Kier molecular flexibility index (Phi) is 9.28. The lowest BCUT2D eigenvalue weighted by atomic mass is 9.80. The summed E-state index contributed by atoms with van der Waals surface area (Å²) in [5, 5.41) is 0. The van der Waals surface area contributed by atoms with Crippen molar-refractivity contribution in [1.29, 1.82) is 0 Å². The van der Waals surface area contributed by atoms with Gasteiger partial charge in [-0.05, 0) is 18.4 Å². The van der Waals surface area contributed by atoms with Crippen LogP contribution in [0.4, 0.5) is 0 Å². The third-order valence-electron chi connectivity index (χ3n) is 5.66. The van der Waals surface area contributed by atoms with Gasteiger partial charge in [0.05, 0.1) is 17.9 Å². The number of carbonyl (C=O) groups excluding carboxylic acids is 5. The summed E-state index contributed by atoms with van der Waals surface area (Å²) in [5.74, 6) is -3.56. The van der Waals surface area contributed by atoms with Gasteiger partial charge in [0.25, 0.3) is 0 Å². The number of Topliss-reactive ketones (excluding diaryl/α,β-unsaturated/α-hetero) is 1. The maximum atomic E-state index is 12.8. The maximum absolute atomic E-state index is 12.8. The van der Waals surface area contributed by atoms with Crippen molar-refractivity contribution in [3.05, 3.63) is 35.5 Å². The number of hydrogen-bond donors (Lipinski definition) is 0. The third kappa shape index (κ3) is 6.71. The van der Waals surface area contributed by atoms with Crippen LogP contribution >= 0.6 is 0 Å². The van der Waals surface area contributed by atoms with E-state index in [1.54, 1.807) is 13.0 Å². The summed E-state index contributed by atoms with van der Waals surface area (Å²) < 4.78 is 22.1. The molecule has 1 aliphatic heterocycles. The molecule has 180 valence electrons. The van der Waals surface area contributed by atoms with Crippen LogP contribution in [-0.4, -0.2) is 61.5 Å². The number of fused-ring (bicyclic) bond motifs is 1. The maximum Gasteiger partial charge on any atom is 0.309 e. The third-order valence-corrected chi connectivity index (χ3v) is 5.66. The van der Waals surface area contributed by atoms with E-state index in [0.29, 0.717) is 18.3 Å². The first-order valence-corrected chi connectivity index (χ1v) is 10.8. The van der Waals surface area contributed by atoms with E-state index >= 15 is 0 Å². The molecule has 0 amide bonds. The van der Waals surface area contributed by atoms with Gasteiger partial charge in [0, 0.05) is 25.0 Å². The number of carbonyl (C=O) groups is 5. The molecule has 5 atom stereocenters. The highest BCUT2D eigenvalue weighted by atomic mass is 16.6. The van der Waals surface area contributed by atoms with Crippen LogP contribution in [0.15, 0.2) is 35.5 Å². The van der Waals surface area contributed by atoms with Crippen LogP contribution in [0, 0.1) is 11.8 Å². The zero-order chi connectivity index (χ0) is 24.7. The summed E-state index contributed by atoms with van der Waals surface area (Å²) >= 11 is 0. The Bertz CT molecular complexity index is 882. The first-order chi connectivity index (χ1) is 15.6. The van der Waals surface area contributed by atoms with E-state index in [2.05, 4.69) is 6.58 Å². The van der Waals surface area contributed by atoms with Crippen LogP contribution in [0.1, 0.15) is 40.5 Å². The van der Waals surface area contributed by atoms with Crippen LogP contribution in [0.5, 0.6) is 0 Å². The lowest BCUT2D eigenvalue weighted by molar-refractivity contribution is -0.175. The van der Waals surface area contributed by atoms with Crippen molar-refractivity contribution < 1.29 is 42.9 Å². The molecule has 1 aliphatic carbocycles. The number of rotatable bonds is 7. The first-order valence-electron chi connectivity index (χ1n) is 10.8. The molecule has 1 saturated heterocycles. The highest BCUT2D eigenvalue weighted by Crippen LogP contribution is 2.36. The quantitative estimate of drug-likeness (QED) is 0.184. The molecule has 0 spiro atoms. The molecule has 0 unspecified atom stereocenters. The van der Waals surface area contributed by atoms with E-state index in [1.807, 2.05) is 6.92 Å². The fourth-order valence-electron chi connectivity index (χ4n) is 3.62. The molecule has 0 saturated carbocycles. The SMILES string of the molecule is C=C1C(=O)CO[C@@H]2/C=C(\COC(C)=O)C/C=C(/C=O)[C@@H](OC(C)=O)[C@H](OC(=O)[C@H](C)CC)[C@H]12. The van der Waals surface area contributed by atoms with Gasteiger partial charge in [0.15, 0.2) is 18.0 Å². The Morgan fingerprint density at radius 1 is 1.24 bits per heavy atom. The molecule has 2 aliphatic rings. The molecule has 0 radical (unpaired) electrons. The standard InChI is InChI=1S/C24H30O9/c1-6-13(2)24(29)33-23-21-14(3)19(28)12-31-20(21)9-17(11-30-15(4)26)7-8-18(10-25)22(23)32-16(5)27/h8-10,13,20-23H,3,6-7,11-12H2,1-2,4-5H3/b17-9-,18-8-/t13-,20-,21-,22-,23-/m1/s1. The van der Waals surface area contributed by atoms with Crippen molar-refractivity contribution in [2.75, 3.05) is 13.2 Å². The summed E-state index contributed by atoms with van der Waals surface area (Å²) in [7, 11) is 0. The lowest BCUT2D eigenvalue weighted by Crippen LogP contribution is -2.50. The number of ether oxygens (including phenoxy) is 4. The Hall–Kier alpha value is -3.07. The van der Waals surface area contributed by atoms with Crippen LogP contribution < -0.4 is 0 Å². The van der Waals surface area contributed by atoms with Gasteiger partial charge in [-0.25, -0.2) is 0 Å². The van der Waals surface area contributed by atoms with Gasteiger partial charge >= 0.3 is 17.9 Å². The summed E-state index contributed by atoms with van der Waals surface area (Å²) in [4.78, 5) is 60.5. The molecule has 9 heteroatoms. The molecule has 1 fully saturated rings. The normalized spacial score (nSPS) is 29.5. The average molecular weight is 462 g/mol. The summed E-state index contributed by atoms with van der Waals surface area (Å²) in [5.41, 5.74) is 0.769. The summed E-state index contributed by atoms with van der Waals surface area (Å²) in [6, 6.07) is 0. The summed E-state index contributed by atoms with van der Waals surface area (Å²) in [6.45, 7) is 9.51. The van der Waals surface area contributed by atoms with Crippen molar-refractivity contribution >= 4 is 30.0 Å². The van der Waals surface area contributed by atoms with Crippen LogP contribution in [0.2, 0.25) is 0 Å². The van der Waals surface area contributed by atoms with Gasteiger partial charge in [0.2, 0.25) is 0 Å². The molecule has 0 N–H and O–H groups in total. The largest absolute Gasteiger partial charge is 0.461 e. The summed E-state index contributed by atoms with van der Waals surface area (Å²) in [6.07, 6.45) is 1.05. The number of hydrogen-bond acceptors (Lipinski definition) is 9. The van der Waals surface area contributed by atoms with E-state index in [4.69, 9.17) is 18.9 Å². The number of aldehydes is 1. The topological polar surface area (TPSA) is 122 Å². The second-order valence-corrected chi connectivity index (χ2v) is 8.12. The fraction of sp³-hybridized carbons (Fsp3) is 0.542. The predicted molar refractivity (Wildman–Crippen MR) is 116 cm³/mol. The number of allylic oxidation sites excluding steroid dienone is 1. The zero-order valence-corrected chi connectivity index (χ0v) is 19.3. The van der Waals surface area contributed by atoms with Gasteiger partial charge in [0.1, 0.15) is 19.5 Å². The van der Waals surface area contributed by atoms with E-state index in [-0.39, 0.29) is 30.8 Å². The molecule has 0 aromatic heterocycles. The Morgan fingerprint density at radius 2 is 1.94 bits per heavy atom. The molecular weight excluding hydrogens is 432 g/mol. The predicted octanol–water partition coefficient (Wildman–Crippen LogP) is 2.03. The van der Waals surface area contributed by atoms with Gasteiger partial charge < -0.3 is 18.9 Å². The van der Waals surface area contributed by atoms with E-state index in [9.17, 15) is 24.0 Å². The van der Waals surface area contributed by atoms with Crippen molar-refractivity contribution in [1.82, 2.24) is 0 Å². The van der Waals surface area contributed by atoms with Gasteiger partial charge in [-0.15, -0.1) is 0 Å². The zero-order valence-electron chi connectivity index (χ0n) is 19.3. The van der Waals surface area contributed by atoms with E-state index < -0.39 is 53.8 Å². The van der Waals surface area contributed by atoms with Crippen molar-refractivity contribution in [3.8, 4) is 0 Å². The average Bonchev–Trinajstić information content (AvgIpc) is 2.82. The smallest absolute Gasteiger partial charge is 0.309 e. The lowest BCUT2D eigenvalue weighted by Gasteiger charge is -2.39. The minimum atomic E-state index is -1.28. The Balaban J connectivity index is 2.64. The molecule has 2 rings (SSSR count). The molecule has 9 nitrogen and oxygen atoms in total. The molecular formula is C24H30O9. The fourth-order valence-corrected chi connectivity index (χ4v) is 3.62. The molecule has 1 heterocycles. The molecule has 33 heavy (non-hydrogen) atoms. The molecule has 0 bridgehead atoms. The van der Waals surface area contributed by atoms with Crippen molar-refractivity contribution in [3.63, 3.8) is 0 Å². The monoisotopic (exact) mass is 462 g/mol. The highest BCUT2D eigenvalue weighted by molar-refractivity contribution is 5.97. The molecule has 0 aromatic carbocycles. The van der Waals surface area contributed by atoms with E-state index in [1.165, 1.54) is 19.9 Å². The van der Waals surface area contributed by atoms with Gasteiger partial charge in [-0.3, -0.25) is 24.0 Å². The highest BCUT2D eigenvalue weighted by Gasteiger charge is 2.47. The second kappa shape index (κ2) is 11.7. The van der Waals surface area contributed by atoms with Crippen LogP contribution in [-0.2, 0) is 42.9 Å². The van der Waals surface area contributed by atoms with Crippen molar-refractivity contribution in [2.24, 2.45) is 11.8 Å². The van der Waals surface area contributed by atoms with Crippen LogP contribution in [0.3, 0.4) is 0 Å². The minimum absolute atomic E-state index is 0.0485. The second-order valence-electron chi connectivity index (χ2n) is 8.12. The Labute approximate surface area is 192 Å². The van der Waals surface area contributed by atoms with E-state index in [0.717, 1.165) is 0 Å². The van der Waals surface area contributed by atoms with Gasteiger partial charge in [-0.1, -0.05) is 32.6 Å². The minimum Gasteiger partial charge on any atom is -0.461 e. The van der Waals surface area contributed by atoms with Gasteiger partial charge in [-0.2, -0.15) is 0 Å². The number of esters is 3. The first kappa shape index (κ1) is 26.2. The van der Waals surface area contributed by atoms with Crippen LogP contribution in [0.25, 0.3) is 0 Å². The van der Waals surface area contributed by atoms with Crippen molar-refractivity contribution in [2.45, 2.75) is 58.8 Å². The number of ketones is 1. The molecule has 0 aromatic rings. The Morgan fingerprint density at radius 3 is 2.52 bits per heavy atom.